The predicted molar refractivity (Wildman–Crippen MR) is 118 cm³/mol. The van der Waals surface area contributed by atoms with Crippen LogP contribution in [-0.4, -0.2) is 39.1 Å². The maximum Gasteiger partial charge on any atom is 0.303 e. The van der Waals surface area contributed by atoms with Crippen LogP contribution >= 0.6 is 0 Å². The normalized spacial score (nSPS) is 10.8. The van der Waals surface area contributed by atoms with Gasteiger partial charge in [0.25, 0.3) is 0 Å². The number of hydrogen-bond acceptors (Lipinski definition) is 5. The molecule has 0 aliphatic heterocycles. The van der Waals surface area contributed by atoms with Crippen molar-refractivity contribution in [2.45, 2.75) is 46.1 Å². The quantitative estimate of drug-likeness (QED) is 0.475. The fourth-order valence-corrected chi connectivity index (χ4v) is 3.16. The molecule has 2 aromatic heterocycles. The summed E-state index contributed by atoms with van der Waals surface area (Å²) in [6.45, 7) is 5.63. The van der Waals surface area contributed by atoms with E-state index in [9.17, 15) is 4.79 Å². The van der Waals surface area contributed by atoms with E-state index in [1.165, 1.54) is 5.56 Å². The first-order valence-corrected chi connectivity index (χ1v) is 10.6. The van der Waals surface area contributed by atoms with Gasteiger partial charge in [0.05, 0.1) is 19.8 Å². The molecule has 0 fully saturated rings. The van der Waals surface area contributed by atoms with E-state index >= 15 is 0 Å². The van der Waals surface area contributed by atoms with Crippen LogP contribution in [0.25, 0.3) is 0 Å². The molecule has 0 saturated carbocycles. The van der Waals surface area contributed by atoms with Gasteiger partial charge in [-0.25, -0.2) is 0 Å². The zero-order chi connectivity index (χ0) is 22.1. The Morgan fingerprint density at radius 3 is 2.45 bits per heavy atom. The second kappa shape index (κ2) is 11.2. The molecule has 0 atom stereocenters. The maximum absolute atomic E-state index is 10.9. The molecule has 3 rings (SSSR count). The van der Waals surface area contributed by atoms with Gasteiger partial charge in [-0.3, -0.25) is 14.5 Å². The van der Waals surface area contributed by atoms with Crippen molar-refractivity contribution in [3.05, 3.63) is 71.2 Å². The Bertz CT molecular complexity index is 965. The summed E-state index contributed by atoms with van der Waals surface area (Å²) in [7, 11) is 0. The van der Waals surface area contributed by atoms with Crippen LogP contribution in [0.2, 0.25) is 0 Å². The molecular weight excluding hydrogens is 394 g/mol. The van der Waals surface area contributed by atoms with Crippen molar-refractivity contribution in [3.8, 4) is 11.6 Å². The molecule has 0 aliphatic rings. The number of aliphatic carboxylic acids is 1. The lowest BCUT2D eigenvalue weighted by molar-refractivity contribution is -0.136. The van der Waals surface area contributed by atoms with Crippen LogP contribution in [0.5, 0.6) is 11.6 Å². The fourth-order valence-electron chi connectivity index (χ4n) is 3.16. The van der Waals surface area contributed by atoms with E-state index in [0.717, 1.165) is 35.4 Å². The molecule has 2 heterocycles. The number of carbonyl (C=O) groups is 1. The lowest BCUT2D eigenvalue weighted by Gasteiger charge is -2.08. The van der Waals surface area contributed by atoms with Crippen molar-refractivity contribution in [3.63, 3.8) is 0 Å². The van der Waals surface area contributed by atoms with E-state index in [2.05, 4.69) is 29.1 Å². The standard InChI is InChI=1S/C24H29N3O4/c1-3-18-5-9-21(25-15-18)13-14-31-22-10-6-19(7-11-22)16-27-17-20(8-12-23(28)29)24(26-27)30-4-2/h5-7,9-11,15,17H,3-4,8,12-14,16H2,1-2H3,(H,28,29). The van der Waals surface area contributed by atoms with Crippen LogP contribution < -0.4 is 9.47 Å². The number of aromatic nitrogens is 3. The molecular formula is C24H29N3O4. The summed E-state index contributed by atoms with van der Waals surface area (Å²) >= 11 is 0. The maximum atomic E-state index is 10.9. The van der Waals surface area contributed by atoms with E-state index in [4.69, 9.17) is 14.6 Å². The minimum atomic E-state index is -0.834. The van der Waals surface area contributed by atoms with Crippen LogP contribution in [0, 0.1) is 0 Å². The predicted octanol–water partition coefficient (Wildman–Crippen LogP) is 3.93. The Labute approximate surface area is 182 Å². The summed E-state index contributed by atoms with van der Waals surface area (Å²) in [6.07, 6.45) is 5.98. The van der Waals surface area contributed by atoms with Gasteiger partial charge in [-0.2, -0.15) is 0 Å². The van der Waals surface area contributed by atoms with Crippen molar-refractivity contribution >= 4 is 5.97 Å². The van der Waals surface area contributed by atoms with Crippen molar-refractivity contribution in [2.24, 2.45) is 0 Å². The highest BCUT2D eigenvalue weighted by Gasteiger charge is 2.12. The molecule has 0 amide bonds. The monoisotopic (exact) mass is 423 g/mol. The van der Waals surface area contributed by atoms with Crippen LogP contribution in [0.4, 0.5) is 0 Å². The van der Waals surface area contributed by atoms with Crippen LogP contribution in [-0.2, 0) is 30.6 Å². The zero-order valence-electron chi connectivity index (χ0n) is 18.1. The second-order valence-electron chi connectivity index (χ2n) is 7.24. The summed E-state index contributed by atoms with van der Waals surface area (Å²) in [5, 5.41) is 13.4. The zero-order valence-corrected chi connectivity index (χ0v) is 18.1. The fraction of sp³-hybridized carbons (Fsp3) is 0.375. The highest BCUT2D eigenvalue weighted by Crippen LogP contribution is 2.20. The first kappa shape index (κ1) is 22.3. The number of aryl methyl sites for hydroxylation is 2. The second-order valence-corrected chi connectivity index (χ2v) is 7.24. The van der Waals surface area contributed by atoms with Crippen molar-refractivity contribution < 1.29 is 19.4 Å². The molecule has 1 N–H and O–H groups in total. The molecule has 164 valence electrons. The van der Waals surface area contributed by atoms with E-state index < -0.39 is 5.97 Å². The molecule has 3 aromatic rings. The van der Waals surface area contributed by atoms with Gasteiger partial charge in [0.2, 0.25) is 5.88 Å². The number of pyridine rings is 1. The molecule has 0 spiro atoms. The van der Waals surface area contributed by atoms with E-state index in [1.54, 1.807) is 4.68 Å². The Morgan fingerprint density at radius 2 is 1.81 bits per heavy atom. The summed E-state index contributed by atoms with van der Waals surface area (Å²) in [5.41, 5.74) is 4.14. The molecule has 1 aromatic carbocycles. The van der Waals surface area contributed by atoms with Gasteiger partial charge in [0.15, 0.2) is 0 Å². The summed E-state index contributed by atoms with van der Waals surface area (Å²) in [6, 6.07) is 12.1. The average molecular weight is 424 g/mol. The number of hydrogen-bond donors (Lipinski definition) is 1. The largest absolute Gasteiger partial charge is 0.493 e. The van der Waals surface area contributed by atoms with Crippen LogP contribution in [0.15, 0.2) is 48.8 Å². The summed E-state index contributed by atoms with van der Waals surface area (Å²) < 4.78 is 13.2. The SMILES string of the molecule is CCOc1nn(Cc2ccc(OCCc3ccc(CC)cn3)cc2)cc1CCC(=O)O. The van der Waals surface area contributed by atoms with Crippen LogP contribution in [0.3, 0.4) is 0 Å². The Kier molecular flexibility index (Phi) is 8.04. The Hall–Kier alpha value is -3.35. The molecule has 7 nitrogen and oxygen atoms in total. The molecule has 0 saturated heterocycles. The highest BCUT2D eigenvalue weighted by atomic mass is 16.5. The molecule has 31 heavy (non-hydrogen) atoms. The third-order valence-electron chi connectivity index (χ3n) is 4.88. The lowest BCUT2D eigenvalue weighted by Crippen LogP contribution is -2.04. The van der Waals surface area contributed by atoms with Gasteiger partial charge in [-0.05, 0) is 49.1 Å². The molecule has 0 unspecified atom stereocenters. The number of rotatable bonds is 12. The molecule has 0 aliphatic carbocycles. The highest BCUT2D eigenvalue weighted by molar-refractivity contribution is 5.67. The molecule has 0 bridgehead atoms. The Balaban J connectivity index is 1.53. The summed E-state index contributed by atoms with van der Waals surface area (Å²) in [4.78, 5) is 15.3. The van der Waals surface area contributed by atoms with Gasteiger partial charge in [0, 0.05) is 36.5 Å². The third-order valence-corrected chi connectivity index (χ3v) is 4.88. The van der Waals surface area contributed by atoms with Crippen molar-refractivity contribution in [1.29, 1.82) is 0 Å². The van der Waals surface area contributed by atoms with Crippen LogP contribution in [0.1, 0.15) is 42.7 Å². The average Bonchev–Trinajstić information content (AvgIpc) is 3.15. The number of carboxylic acid groups (broad SMARTS) is 1. The van der Waals surface area contributed by atoms with Gasteiger partial charge in [-0.1, -0.05) is 25.1 Å². The molecule has 0 radical (unpaired) electrons. The smallest absolute Gasteiger partial charge is 0.303 e. The Morgan fingerprint density at radius 1 is 1.03 bits per heavy atom. The topological polar surface area (TPSA) is 86.5 Å². The number of benzene rings is 1. The van der Waals surface area contributed by atoms with Gasteiger partial charge in [-0.15, -0.1) is 5.10 Å². The van der Waals surface area contributed by atoms with E-state index in [0.29, 0.717) is 32.1 Å². The number of carboxylic acids is 1. The van der Waals surface area contributed by atoms with Gasteiger partial charge < -0.3 is 14.6 Å². The van der Waals surface area contributed by atoms with Crippen molar-refractivity contribution in [2.75, 3.05) is 13.2 Å². The van der Waals surface area contributed by atoms with E-state index in [-0.39, 0.29) is 6.42 Å². The van der Waals surface area contributed by atoms with E-state index in [1.807, 2.05) is 43.6 Å². The lowest BCUT2D eigenvalue weighted by atomic mass is 10.2. The van der Waals surface area contributed by atoms with Gasteiger partial charge >= 0.3 is 5.97 Å². The minimum absolute atomic E-state index is 0.0517. The summed E-state index contributed by atoms with van der Waals surface area (Å²) in [5.74, 6) is 0.482. The minimum Gasteiger partial charge on any atom is -0.493 e. The van der Waals surface area contributed by atoms with Crippen molar-refractivity contribution in [1.82, 2.24) is 14.8 Å². The number of nitrogens with zero attached hydrogens (tertiary/aromatic N) is 3. The van der Waals surface area contributed by atoms with Gasteiger partial charge in [0.1, 0.15) is 5.75 Å². The molecule has 7 heteroatoms. The number of ether oxygens (including phenoxy) is 2. The first-order valence-electron chi connectivity index (χ1n) is 10.6. The third kappa shape index (κ3) is 6.84. The first-order chi connectivity index (χ1) is 15.1.